The number of thioether (sulfide) groups is 1. The topological polar surface area (TPSA) is 79.4 Å². The van der Waals surface area contributed by atoms with Gasteiger partial charge in [-0.05, 0) is 31.4 Å². The number of benzene rings is 1. The van der Waals surface area contributed by atoms with Gasteiger partial charge in [-0.15, -0.1) is 10.2 Å². The number of carbonyl (C=O) groups is 1. The van der Waals surface area contributed by atoms with Gasteiger partial charge in [0.05, 0.1) is 11.9 Å². The summed E-state index contributed by atoms with van der Waals surface area (Å²) in [6, 6.07) is 10.2. The lowest BCUT2D eigenvalue weighted by Crippen LogP contribution is -2.29. The molecule has 7 nitrogen and oxygen atoms in total. The highest BCUT2D eigenvalue weighted by Crippen LogP contribution is 2.25. The maximum absolute atomic E-state index is 12.0. The highest BCUT2D eigenvalue weighted by Gasteiger charge is 2.16. The molecule has 0 bridgehead atoms. The zero-order valence-corrected chi connectivity index (χ0v) is 17.7. The van der Waals surface area contributed by atoms with Crippen LogP contribution >= 0.6 is 23.1 Å². The van der Waals surface area contributed by atoms with Crippen LogP contribution in [0.25, 0.3) is 0 Å². The Morgan fingerprint density at radius 1 is 1.36 bits per heavy atom. The number of rotatable bonds is 11. The quantitative estimate of drug-likeness (QED) is 0.427. The van der Waals surface area contributed by atoms with Crippen molar-refractivity contribution in [2.24, 2.45) is 0 Å². The van der Waals surface area contributed by atoms with Crippen molar-refractivity contribution in [3.8, 4) is 0 Å². The van der Waals surface area contributed by atoms with Gasteiger partial charge < -0.3 is 20.3 Å². The van der Waals surface area contributed by atoms with Gasteiger partial charge in [-0.25, -0.2) is 0 Å². The van der Waals surface area contributed by atoms with Crippen LogP contribution in [0.4, 0.5) is 10.8 Å². The fourth-order valence-electron chi connectivity index (χ4n) is 2.88. The summed E-state index contributed by atoms with van der Waals surface area (Å²) in [6.45, 7) is 3.17. The molecule has 2 N–H and O–H groups in total. The monoisotopic (exact) mass is 421 g/mol. The lowest BCUT2D eigenvalue weighted by atomic mass is 10.2. The number of anilines is 2. The molecule has 1 aliphatic rings. The van der Waals surface area contributed by atoms with Crippen molar-refractivity contribution >= 4 is 39.8 Å². The Kier molecular flexibility index (Phi) is 8.38. The third kappa shape index (κ3) is 6.96. The van der Waals surface area contributed by atoms with Crippen LogP contribution in [0.3, 0.4) is 0 Å². The van der Waals surface area contributed by atoms with Crippen LogP contribution in [0.2, 0.25) is 0 Å². The summed E-state index contributed by atoms with van der Waals surface area (Å²) in [5, 5.41) is 15.3. The Hall–Kier alpha value is -1.84. The Morgan fingerprint density at radius 3 is 3.00 bits per heavy atom. The van der Waals surface area contributed by atoms with Gasteiger partial charge in [0.2, 0.25) is 11.0 Å². The zero-order valence-electron chi connectivity index (χ0n) is 16.1. The van der Waals surface area contributed by atoms with Crippen LogP contribution < -0.4 is 15.5 Å². The van der Waals surface area contributed by atoms with Gasteiger partial charge in [-0.3, -0.25) is 4.79 Å². The molecule has 1 fully saturated rings. The van der Waals surface area contributed by atoms with Crippen molar-refractivity contribution < 1.29 is 9.53 Å². The van der Waals surface area contributed by atoms with E-state index in [-0.39, 0.29) is 12.0 Å². The summed E-state index contributed by atoms with van der Waals surface area (Å²) >= 11 is 2.90. The molecule has 0 aliphatic carbocycles. The number of amides is 1. The van der Waals surface area contributed by atoms with Gasteiger partial charge in [0, 0.05) is 39.0 Å². The summed E-state index contributed by atoms with van der Waals surface area (Å²) in [5.41, 5.74) is 1.18. The molecule has 1 atom stereocenters. The molecule has 0 spiro atoms. The maximum Gasteiger partial charge on any atom is 0.230 e. The molecule has 9 heteroatoms. The predicted molar refractivity (Wildman–Crippen MR) is 115 cm³/mol. The number of nitrogens with zero attached hydrogens (tertiary/aromatic N) is 3. The van der Waals surface area contributed by atoms with E-state index in [1.54, 1.807) is 0 Å². The lowest BCUT2D eigenvalue weighted by molar-refractivity contribution is -0.118. The van der Waals surface area contributed by atoms with E-state index >= 15 is 0 Å². The number of para-hydroxylation sites is 1. The van der Waals surface area contributed by atoms with Crippen LogP contribution in [0, 0.1) is 0 Å². The highest BCUT2D eigenvalue weighted by atomic mass is 32.2. The second kappa shape index (κ2) is 11.2. The Labute approximate surface area is 174 Å². The molecule has 1 aromatic heterocycles. The molecule has 1 aromatic carbocycles. The van der Waals surface area contributed by atoms with Crippen LogP contribution in [-0.4, -0.2) is 61.3 Å². The normalized spacial score (nSPS) is 16.1. The highest BCUT2D eigenvalue weighted by molar-refractivity contribution is 8.01. The van der Waals surface area contributed by atoms with Crippen molar-refractivity contribution in [3.63, 3.8) is 0 Å². The molecule has 1 unspecified atom stereocenters. The maximum atomic E-state index is 12.0. The number of hydrogen-bond donors (Lipinski definition) is 2. The molecule has 1 amide bonds. The van der Waals surface area contributed by atoms with Gasteiger partial charge in [0.15, 0.2) is 4.34 Å². The third-order valence-corrected chi connectivity index (χ3v) is 6.44. The molecule has 1 aliphatic heterocycles. The minimum atomic E-state index is 0.0245. The number of nitrogens with one attached hydrogen (secondary N) is 2. The summed E-state index contributed by atoms with van der Waals surface area (Å²) in [7, 11) is 2.06. The van der Waals surface area contributed by atoms with E-state index in [4.69, 9.17) is 4.74 Å². The molecule has 0 radical (unpaired) electrons. The summed E-state index contributed by atoms with van der Waals surface area (Å²) < 4.78 is 6.38. The number of carbonyl (C=O) groups excluding carboxylic acids is 1. The van der Waals surface area contributed by atoms with E-state index in [9.17, 15) is 4.79 Å². The fraction of sp³-hybridized carbons (Fsp3) is 0.526. The lowest BCUT2D eigenvalue weighted by Gasteiger charge is -2.19. The molecular weight excluding hydrogens is 394 g/mol. The number of aromatic nitrogens is 2. The minimum absolute atomic E-state index is 0.0245. The van der Waals surface area contributed by atoms with Gasteiger partial charge >= 0.3 is 0 Å². The van der Waals surface area contributed by atoms with Gasteiger partial charge in [-0.1, -0.05) is 41.3 Å². The molecule has 2 aromatic rings. The summed E-state index contributed by atoms with van der Waals surface area (Å²) in [6.07, 6.45) is 3.39. The number of hydrogen-bond acceptors (Lipinski definition) is 8. The van der Waals surface area contributed by atoms with Crippen molar-refractivity contribution in [2.75, 3.05) is 49.3 Å². The molecule has 3 rings (SSSR count). The Balaban J connectivity index is 1.27. The van der Waals surface area contributed by atoms with E-state index in [2.05, 4.69) is 44.9 Å². The summed E-state index contributed by atoms with van der Waals surface area (Å²) in [5.74, 6) is 0.381. The zero-order chi connectivity index (χ0) is 19.6. The first-order valence-corrected chi connectivity index (χ1v) is 11.4. The standard InChI is InChI=1S/C19H27N5O2S2/c1-24(15-7-3-2-4-8-15)11-6-10-20-17(25)14-27-19-23-22-18(28-19)21-13-16-9-5-12-26-16/h2-4,7-8,16H,5-6,9-14H2,1H3,(H,20,25)(H,21,22). The SMILES string of the molecule is CN(CCCNC(=O)CSc1nnc(NCC2CCCO2)s1)c1ccccc1. The van der Waals surface area contributed by atoms with Crippen LogP contribution in [0.5, 0.6) is 0 Å². The van der Waals surface area contributed by atoms with Crippen molar-refractivity contribution in [2.45, 2.75) is 29.7 Å². The van der Waals surface area contributed by atoms with Crippen molar-refractivity contribution in [1.29, 1.82) is 0 Å². The smallest absolute Gasteiger partial charge is 0.230 e. The Morgan fingerprint density at radius 2 is 2.21 bits per heavy atom. The third-order valence-electron chi connectivity index (χ3n) is 4.43. The van der Waals surface area contributed by atoms with Gasteiger partial charge in [0.1, 0.15) is 0 Å². The van der Waals surface area contributed by atoms with Gasteiger partial charge in [-0.2, -0.15) is 0 Å². The Bertz CT molecular complexity index is 722. The number of ether oxygens (including phenoxy) is 1. The second-order valence-corrected chi connectivity index (χ2v) is 8.84. The molecule has 0 saturated carbocycles. The molecular formula is C19H27N5O2S2. The van der Waals surface area contributed by atoms with E-state index in [1.807, 2.05) is 18.2 Å². The van der Waals surface area contributed by atoms with E-state index in [1.165, 1.54) is 28.8 Å². The predicted octanol–water partition coefficient (Wildman–Crippen LogP) is 2.86. The summed E-state index contributed by atoms with van der Waals surface area (Å²) in [4.78, 5) is 14.2. The van der Waals surface area contributed by atoms with E-state index < -0.39 is 0 Å². The average Bonchev–Trinajstić information content (AvgIpc) is 3.40. The van der Waals surface area contributed by atoms with Crippen LogP contribution in [0.1, 0.15) is 19.3 Å². The van der Waals surface area contributed by atoms with Crippen LogP contribution in [-0.2, 0) is 9.53 Å². The first-order valence-electron chi connectivity index (χ1n) is 9.55. The molecule has 2 heterocycles. The second-order valence-electron chi connectivity index (χ2n) is 6.64. The first-order chi connectivity index (χ1) is 13.7. The van der Waals surface area contributed by atoms with Crippen molar-refractivity contribution in [3.05, 3.63) is 30.3 Å². The molecule has 1 saturated heterocycles. The average molecular weight is 422 g/mol. The van der Waals surface area contributed by atoms with Crippen molar-refractivity contribution in [1.82, 2.24) is 15.5 Å². The minimum Gasteiger partial charge on any atom is -0.376 e. The van der Waals surface area contributed by atoms with E-state index in [0.717, 1.165) is 48.4 Å². The van der Waals surface area contributed by atoms with E-state index in [0.29, 0.717) is 12.3 Å². The molecule has 28 heavy (non-hydrogen) atoms. The van der Waals surface area contributed by atoms with Gasteiger partial charge in [0.25, 0.3) is 0 Å². The van der Waals surface area contributed by atoms with Crippen LogP contribution in [0.15, 0.2) is 34.7 Å². The first kappa shape index (κ1) is 20.9. The largest absolute Gasteiger partial charge is 0.376 e. The fourth-order valence-corrected chi connectivity index (χ4v) is 4.47. The molecule has 152 valence electrons.